The lowest BCUT2D eigenvalue weighted by Crippen LogP contribution is -2.06. The van der Waals surface area contributed by atoms with Gasteiger partial charge in [0.05, 0.1) is 7.11 Å². The Morgan fingerprint density at radius 3 is 2.63 bits per heavy atom. The van der Waals surface area contributed by atoms with E-state index in [1.165, 1.54) is 12.1 Å². The van der Waals surface area contributed by atoms with Crippen LogP contribution < -0.4 is 10.1 Å². The molecule has 0 aliphatic rings. The Hall–Kier alpha value is -1.58. The largest absolute Gasteiger partial charge is 0.497 e. The number of halogens is 2. The topological polar surface area (TPSA) is 21.3 Å². The maximum atomic E-state index is 13.4. The highest BCUT2D eigenvalue weighted by atomic mass is 35.5. The average Bonchev–Trinajstić information content (AvgIpc) is 2.42. The van der Waals surface area contributed by atoms with E-state index in [4.69, 9.17) is 16.3 Å². The van der Waals surface area contributed by atoms with Gasteiger partial charge in [-0.3, -0.25) is 0 Å². The summed E-state index contributed by atoms with van der Waals surface area (Å²) in [5.41, 5.74) is 2.58. The van der Waals surface area contributed by atoms with Gasteiger partial charge in [-0.15, -0.1) is 0 Å². The summed E-state index contributed by atoms with van der Waals surface area (Å²) in [6.07, 6.45) is 0. The van der Waals surface area contributed by atoms with Gasteiger partial charge in [-0.25, -0.2) is 4.39 Å². The van der Waals surface area contributed by atoms with Crippen LogP contribution >= 0.6 is 11.6 Å². The molecule has 2 rings (SSSR count). The van der Waals surface area contributed by atoms with Crippen LogP contribution in [0.2, 0.25) is 5.02 Å². The number of hydrogen-bond donors (Lipinski definition) is 1. The van der Waals surface area contributed by atoms with E-state index in [0.717, 1.165) is 16.9 Å². The summed E-state index contributed by atoms with van der Waals surface area (Å²) in [6.45, 7) is 0.673. The third-order valence-corrected chi connectivity index (χ3v) is 3.23. The summed E-state index contributed by atoms with van der Waals surface area (Å²) >= 11 is 6.17. The van der Waals surface area contributed by atoms with Gasteiger partial charge in [0.25, 0.3) is 0 Å². The van der Waals surface area contributed by atoms with Crippen molar-refractivity contribution in [3.63, 3.8) is 0 Å². The minimum absolute atomic E-state index is 0.308. The molecular weight excluding hydrogens is 265 g/mol. The molecule has 0 atom stereocenters. The van der Waals surface area contributed by atoms with Crippen LogP contribution in [0.5, 0.6) is 5.75 Å². The molecule has 0 saturated carbocycles. The summed E-state index contributed by atoms with van der Waals surface area (Å²) in [4.78, 5) is 0. The highest BCUT2D eigenvalue weighted by Gasteiger charge is 2.11. The molecule has 100 valence electrons. The normalized spacial score (nSPS) is 10.5. The molecule has 4 heteroatoms. The van der Waals surface area contributed by atoms with Crippen LogP contribution in [-0.2, 0) is 6.54 Å². The number of benzene rings is 2. The van der Waals surface area contributed by atoms with Gasteiger partial charge in [0.2, 0.25) is 0 Å². The average molecular weight is 280 g/mol. The molecule has 0 unspecified atom stereocenters. The lowest BCUT2D eigenvalue weighted by atomic mass is 9.99. The van der Waals surface area contributed by atoms with Crippen molar-refractivity contribution in [2.24, 2.45) is 0 Å². The van der Waals surface area contributed by atoms with Gasteiger partial charge in [-0.1, -0.05) is 17.7 Å². The minimum atomic E-state index is -0.308. The molecular formula is C15H15ClFNO. The molecule has 2 aromatic rings. The van der Waals surface area contributed by atoms with E-state index < -0.39 is 0 Å². The number of hydrogen-bond acceptors (Lipinski definition) is 2. The Morgan fingerprint density at radius 1 is 1.16 bits per heavy atom. The van der Waals surface area contributed by atoms with Crippen molar-refractivity contribution in [3.8, 4) is 16.9 Å². The van der Waals surface area contributed by atoms with E-state index in [0.29, 0.717) is 17.1 Å². The summed E-state index contributed by atoms with van der Waals surface area (Å²) in [7, 11) is 3.46. The van der Waals surface area contributed by atoms with Crippen LogP contribution in [-0.4, -0.2) is 14.2 Å². The maximum absolute atomic E-state index is 13.4. The summed E-state index contributed by atoms with van der Waals surface area (Å²) in [5.74, 6) is 0.410. The molecule has 0 radical (unpaired) electrons. The van der Waals surface area contributed by atoms with Crippen molar-refractivity contribution in [2.75, 3.05) is 14.2 Å². The Balaban J connectivity index is 2.60. The second kappa shape index (κ2) is 6.04. The standard InChI is InChI=1S/C15H15ClFNO/c1-18-9-10-3-5-12(19-2)8-13(10)14-7-11(17)4-6-15(14)16/h3-8,18H,9H2,1-2H3. The predicted octanol–water partition coefficient (Wildman–Crippen LogP) is 3.87. The zero-order chi connectivity index (χ0) is 13.8. The summed E-state index contributed by atoms with van der Waals surface area (Å²) in [5, 5.41) is 3.61. The van der Waals surface area contributed by atoms with Crippen molar-refractivity contribution in [1.82, 2.24) is 5.32 Å². The molecule has 0 aliphatic heterocycles. The first kappa shape index (κ1) is 13.8. The quantitative estimate of drug-likeness (QED) is 0.917. The van der Waals surface area contributed by atoms with E-state index in [1.54, 1.807) is 13.2 Å². The molecule has 0 amide bonds. The van der Waals surface area contributed by atoms with Crippen molar-refractivity contribution >= 4 is 11.6 Å². The summed E-state index contributed by atoms with van der Waals surface area (Å²) in [6, 6.07) is 10.1. The highest BCUT2D eigenvalue weighted by molar-refractivity contribution is 6.33. The van der Waals surface area contributed by atoms with Crippen LogP contribution in [0.1, 0.15) is 5.56 Å². The van der Waals surface area contributed by atoms with Gasteiger partial charge in [0.1, 0.15) is 11.6 Å². The fraction of sp³-hybridized carbons (Fsp3) is 0.200. The monoisotopic (exact) mass is 279 g/mol. The van der Waals surface area contributed by atoms with Gasteiger partial charge in [0, 0.05) is 17.1 Å². The van der Waals surface area contributed by atoms with E-state index in [9.17, 15) is 4.39 Å². The van der Waals surface area contributed by atoms with Crippen molar-refractivity contribution in [3.05, 3.63) is 52.8 Å². The fourth-order valence-corrected chi connectivity index (χ4v) is 2.20. The van der Waals surface area contributed by atoms with Crippen LogP contribution in [0.4, 0.5) is 4.39 Å². The van der Waals surface area contributed by atoms with Crippen LogP contribution in [0.3, 0.4) is 0 Å². The number of rotatable bonds is 4. The van der Waals surface area contributed by atoms with Crippen molar-refractivity contribution in [2.45, 2.75) is 6.54 Å². The molecule has 1 N–H and O–H groups in total. The fourth-order valence-electron chi connectivity index (χ4n) is 1.98. The number of ether oxygens (including phenoxy) is 1. The van der Waals surface area contributed by atoms with Gasteiger partial charge >= 0.3 is 0 Å². The predicted molar refractivity (Wildman–Crippen MR) is 76.2 cm³/mol. The number of nitrogens with one attached hydrogen (secondary N) is 1. The van der Waals surface area contributed by atoms with Gasteiger partial charge in [-0.2, -0.15) is 0 Å². The van der Waals surface area contributed by atoms with Crippen LogP contribution in [0.25, 0.3) is 11.1 Å². The molecule has 2 aromatic carbocycles. The highest BCUT2D eigenvalue weighted by Crippen LogP contribution is 2.33. The van der Waals surface area contributed by atoms with Crippen molar-refractivity contribution < 1.29 is 9.13 Å². The zero-order valence-electron chi connectivity index (χ0n) is 10.8. The Labute approximate surface area is 117 Å². The number of methoxy groups -OCH3 is 1. The van der Waals surface area contributed by atoms with Gasteiger partial charge < -0.3 is 10.1 Å². The minimum Gasteiger partial charge on any atom is -0.497 e. The molecule has 0 bridgehead atoms. The lowest BCUT2D eigenvalue weighted by molar-refractivity contribution is 0.415. The van der Waals surface area contributed by atoms with Crippen molar-refractivity contribution in [1.29, 1.82) is 0 Å². The second-order valence-corrected chi connectivity index (χ2v) is 4.58. The van der Waals surface area contributed by atoms with E-state index in [1.807, 2.05) is 25.2 Å². The molecule has 2 nitrogen and oxygen atoms in total. The van der Waals surface area contributed by atoms with Gasteiger partial charge in [0.15, 0.2) is 0 Å². The lowest BCUT2D eigenvalue weighted by Gasteiger charge is -2.13. The molecule has 0 saturated heterocycles. The molecule has 0 fully saturated rings. The van der Waals surface area contributed by atoms with E-state index in [-0.39, 0.29) is 5.82 Å². The van der Waals surface area contributed by atoms with Gasteiger partial charge in [-0.05, 0) is 48.5 Å². The molecule has 0 aliphatic carbocycles. The molecule has 0 aromatic heterocycles. The van der Waals surface area contributed by atoms with E-state index in [2.05, 4.69) is 5.32 Å². The first-order valence-corrected chi connectivity index (χ1v) is 6.30. The summed E-state index contributed by atoms with van der Waals surface area (Å²) < 4.78 is 18.6. The Kier molecular flexibility index (Phi) is 4.40. The van der Waals surface area contributed by atoms with E-state index >= 15 is 0 Å². The first-order chi connectivity index (χ1) is 9.15. The zero-order valence-corrected chi connectivity index (χ0v) is 11.6. The SMILES string of the molecule is CNCc1ccc(OC)cc1-c1cc(F)ccc1Cl. The molecule has 0 spiro atoms. The molecule has 19 heavy (non-hydrogen) atoms. The smallest absolute Gasteiger partial charge is 0.123 e. The van der Waals surface area contributed by atoms with Crippen LogP contribution in [0, 0.1) is 5.82 Å². The first-order valence-electron chi connectivity index (χ1n) is 5.92. The Morgan fingerprint density at radius 2 is 1.95 bits per heavy atom. The maximum Gasteiger partial charge on any atom is 0.123 e. The molecule has 0 heterocycles. The third kappa shape index (κ3) is 3.06. The third-order valence-electron chi connectivity index (χ3n) is 2.90. The second-order valence-electron chi connectivity index (χ2n) is 4.18. The van der Waals surface area contributed by atoms with Crippen LogP contribution in [0.15, 0.2) is 36.4 Å². The Bertz CT molecular complexity index is 586.